The summed E-state index contributed by atoms with van der Waals surface area (Å²) >= 11 is 0. The topological polar surface area (TPSA) is 32.3 Å². The smallest absolute Gasteiger partial charge is 0.0443 e. The summed E-state index contributed by atoms with van der Waals surface area (Å²) in [4.78, 5) is 0. The molecular weight excluding hydrogens is 174 g/mol. The summed E-state index contributed by atoms with van der Waals surface area (Å²) in [5.41, 5.74) is 3.74. The van der Waals surface area contributed by atoms with Gasteiger partial charge in [-0.25, -0.2) is 0 Å². The van der Waals surface area contributed by atoms with Gasteiger partial charge in [0.25, 0.3) is 0 Å². The summed E-state index contributed by atoms with van der Waals surface area (Å²) < 4.78 is 0. The number of hydrogen-bond donors (Lipinski definition) is 2. The molecule has 2 nitrogen and oxygen atoms in total. The Morgan fingerprint density at radius 2 is 1.57 bits per heavy atom. The molecule has 0 saturated heterocycles. The van der Waals surface area contributed by atoms with Crippen LogP contribution in [-0.2, 0) is 0 Å². The third-order valence-electron chi connectivity index (χ3n) is 4.86. The fourth-order valence-corrected chi connectivity index (χ4v) is 5.57. The quantitative estimate of drug-likeness (QED) is 0.630. The second kappa shape index (κ2) is 2.35. The average molecular weight is 195 g/mol. The Balaban J connectivity index is 2.01. The molecule has 2 N–H and O–H groups in total. The summed E-state index contributed by atoms with van der Waals surface area (Å²) in [6.45, 7) is 4.84. The van der Waals surface area contributed by atoms with Crippen molar-refractivity contribution in [1.82, 2.24) is 5.48 Å². The summed E-state index contributed by atoms with van der Waals surface area (Å²) in [5.74, 6) is 0.862. The van der Waals surface area contributed by atoms with Gasteiger partial charge in [-0.15, -0.1) is 0 Å². The van der Waals surface area contributed by atoms with Crippen LogP contribution in [-0.4, -0.2) is 10.7 Å². The van der Waals surface area contributed by atoms with E-state index < -0.39 is 0 Å². The zero-order valence-electron chi connectivity index (χ0n) is 9.27. The molecule has 0 aromatic heterocycles. The number of nitrogens with one attached hydrogen (secondary N) is 1. The molecule has 4 atom stereocenters. The summed E-state index contributed by atoms with van der Waals surface area (Å²) in [7, 11) is 0. The van der Waals surface area contributed by atoms with E-state index in [0.717, 1.165) is 5.92 Å². The highest BCUT2D eigenvalue weighted by Crippen LogP contribution is 2.66. The monoisotopic (exact) mass is 195 g/mol. The molecule has 4 aliphatic carbocycles. The minimum atomic E-state index is 0.0723. The lowest BCUT2D eigenvalue weighted by Gasteiger charge is -2.64. The van der Waals surface area contributed by atoms with Crippen LogP contribution in [0.1, 0.15) is 52.4 Å². The van der Waals surface area contributed by atoms with Crippen LogP contribution in [0.3, 0.4) is 0 Å². The first-order chi connectivity index (χ1) is 6.47. The van der Waals surface area contributed by atoms with Gasteiger partial charge in [-0.2, -0.15) is 5.48 Å². The van der Waals surface area contributed by atoms with Crippen LogP contribution < -0.4 is 5.48 Å². The molecule has 4 aliphatic rings. The van der Waals surface area contributed by atoms with Crippen LogP contribution in [0.25, 0.3) is 0 Å². The van der Waals surface area contributed by atoms with Gasteiger partial charge in [0.05, 0.1) is 0 Å². The molecule has 0 aliphatic heterocycles. The normalized spacial score (nSPS) is 60.6. The van der Waals surface area contributed by atoms with Gasteiger partial charge in [-0.1, -0.05) is 13.8 Å². The lowest BCUT2D eigenvalue weighted by atomic mass is 9.43. The van der Waals surface area contributed by atoms with Gasteiger partial charge < -0.3 is 5.21 Å². The first-order valence-corrected chi connectivity index (χ1v) is 5.88. The van der Waals surface area contributed by atoms with E-state index in [4.69, 9.17) is 0 Å². The summed E-state index contributed by atoms with van der Waals surface area (Å²) in [6, 6.07) is 0. The third-order valence-corrected chi connectivity index (χ3v) is 4.86. The molecule has 4 rings (SSSR count). The van der Waals surface area contributed by atoms with E-state index in [9.17, 15) is 5.21 Å². The highest BCUT2D eigenvalue weighted by atomic mass is 16.5. The van der Waals surface area contributed by atoms with Crippen LogP contribution >= 0.6 is 0 Å². The highest BCUT2D eigenvalue weighted by Gasteiger charge is 2.60. The highest BCUT2D eigenvalue weighted by molar-refractivity contribution is 5.13. The maximum atomic E-state index is 9.41. The van der Waals surface area contributed by atoms with Gasteiger partial charge in [0, 0.05) is 5.54 Å². The molecule has 4 saturated carbocycles. The van der Waals surface area contributed by atoms with Crippen molar-refractivity contribution in [1.29, 1.82) is 0 Å². The predicted molar refractivity (Wildman–Crippen MR) is 55.1 cm³/mol. The Kier molecular flexibility index (Phi) is 1.54. The van der Waals surface area contributed by atoms with Gasteiger partial charge in [0.15, 0.2) is 0 Å². The second-order valence-electron chi connectivity index (χ2n) is 7.02. The predicted octanol–water partition coefficient (Wildman–Crippen LogP) is 2.71. The number of hydroxylamine groups is 1. The van der Waals surface area contributed by atoms with E-state index >= 15 is 0 Å². The van der Waals surface area contributed by atoms with Gasteiger partial charge in [-0.05, 0) is 55.3 Å². The molecule has 0 radical (unpaired) electrons. The van der Waals surface area contributed by atoms with Gasteiger partial charge in [0.2, 0.25) is 0 Å². The zero-order chi connectivity index (χ0) is 10.0. The number of hydrogen-bond acceptors (Lipinski definition) is 2. The van der Waals surface area contributed by atoms with Crippen molar-refractivity contribution in [3.63, 3.8) is 0 Å². The molecule has 4 bridgehead atoms. The molecule has 0 amide bonds. The third kappa shape index (κ3) is 1.10. The van der Waals surface area contributed by atoms with Crippen LogP contribution in [0.4, 0.5) is 0 Å². The molecule has 2 unspecified atom stereocenters. The van der Waals surface area contributed by atoms with Crippen molar-refractivity contribution in [2.24, 2.45) is 16.7 Å². The van der Waals surface area contributed by atoms with E-state index in [1.807, 2.05) is 0 Å². The van der Waals surface area contributed by atoms with Gasteiger partial charge >= 0.3 is 0 Å². The first-order valence-electron chi connectivity index (χ1n) is 5.88. The zero-order valence-corrected chi connectivity index (χ0v) is 9.27. The Morgan fingerprint density at radius 1 is 1.00 bits per heavy atom. The Bertz CT molecular complexity index is 257. The fraction of sp³-hybridized carbons (Fsp3) is 1.00. The SMILES string of the molecule is C[C@]12CC3CC(NO)(C1)C[C@@](C)(C3)C2. The van der Waals surface area contributed by atoms with E-state index in [-0.39, 0.29) is 5.54 Å². The Labute approximate surface area is 86.0 Å². The van der Waals surface area contributed by atoms with E-state index in [1.165, 1.54) is 38.5 Å². The number of rotatable bonds is 1. The fourth-order valence-electron chi connectivity index (χ4n) is 5.57. The molecule has 0 aromatic rings. The van der Waals surface area contributed by atoms with Gasteiger partial charge in [0.1, 0.15) is 0 Å². The maximum absolute atomic E-state index is 9.41. The van der Waals surface area contributed by atoms with Crippen molar-refractivity contribution in [2.45, 2.75) is 57.9 Å². The lowest BCUT2D eigenvalue weighted by Crippen LogP contribution is -2.63. The molecular formula is C12H21NO. The van der Waals surface area contributed by atoms with Crippen LogP contribution in [0.15, 0.2) is 0 Å². The maximum Gasteiger partial charge on any atom is 0.0443 e. The molecule has 4 fully saturated rings. The average Bonchev–Trinajstić information content (AvgIpc) is 1.97. The second-order valence-corrected chi connectivity index (χ2v) is 7.02. The molecule has 0 aromatic carbocycles. The van der Waals surface area contributed by atoms with Crippen molar-refractivity contribution >= 4 is 0 Å². The van der Waals surface area contributed by atoms with Crippen LogP contribution in [0.5, 0.6) is 0 Å². The Hall–Kier alpha value is -0.0800. The molecule has 2 heteroatoms. The van der Waals surface area contributed by atoms with E-state index in [0.29, 0.717) is 10.8 Å². The summed E-state index contributed by atoms with van der Waals surface area (Å²) in [6.07, 6.45) is 7.73. The molecule has 14 heavy (non-hydrogen) atoms. The minimum absolute atomic E-state index is 0.0723. The molecule has 0 spiro atoms. The van der Waals surface area contributed by atoms with Crippen molar-refractivity contribution in [3.8, 4) is 0 Å². The lowest BCUT2D eigenvalue weighted by molar-refractivity contribution is -0.150. The summed E-state index contributed by atoms with van der Waals surface area (Å²) in [5, 5.41) is 9.41. The standard InChI is InChI=1S/C12H21NO/c1-10-3-9-4-11(2,6-10)8-12(5-9,7-10)13-14/h9,13-14H,3-8H2,1-2H3/t9?,10-,11+,12?. The van der Waals surface area contributed by atoms with Crippen LogP contribution in [0.2, 0.25) is 0 Å². The minimum Gasteiger partial charge on any atom is -0.316 e. The van der Waals surface area contributed by atoms with Crippen LogP contribution in [0, 0.1) is 16.7 Å². The van der Waals surface area contributed by atoms with Crippen molar-refractivity contribution < 1.29 is 5.21 Å². The molecule has 80 valence electrons. The van der Waals surface area contributed by atoms with Gasteiger partial charge in [-0.3, -0.25) is 0 Å². The van der Waals surface area contributed by atoms with E-state index in [2.05, 4.69) is 19.3 Å². The van der Waals surface area contributed by atoms with E-state index in [1.54, 1.807) is 0 Å². The Morgan fingerprint density at radius 3 is 2.00 bits per heavy atom. The largest absolute Gasteiger partial charge is 0.316 e. The molecule has 0 heterocycles. The first kappa shape index (κ1) is 9.17. The van der Waals surface area contributed by atoms with Crippen molar-refractivity contribution in [3.05, 3.63) is 0 Å². The van der Waals surface area contributed by atoms with Crippen molar-refractivity contribution in [2.75, 3.05) is 0 Å².